The topological polar surface area (TPSA) is 29.4 Å². The van der Waals surface area contributed by atoms with Crippen LogP contribution < -0.4 is 0 Å². The Bertz CT molecular complexity index is 301. The van der Waals surface area contributed by atoms with E-state index >= 15 is 0 Å². The van der Waals surface area contributed by atoms with Gasteiger partial charge in [-0.15, -0.1) is 17.5 Å². The summed E-state index contributed by atoms with van der Waals surface area (Å²) in [4.78, 5) is 10.7. The van der Waals surface area contributed by atoms with Crippen LogP contribution in [0.25, 0.3) is 0 Å². The second-order valence-corrected chi connectivity index (χ2v) is 3.07. The second-order valence-electron chi connectivity index (χ2n) is 2.18. The van der Waals surface area contributed by atoms with Crippen molar-refractivity contribution in [3.63, 3.8) is 0 Å². The van der Waals surface area contributed by atoms with Crippen molar-refractivity contribution in [2.75, 3.05) is 0 Å². The third-order valence-electron chi connectivity index (χ3n) is 1.36. The normalized spacial score (nSPS) is 9.73. The zero-order chi connectivity index (χ0) is 8.43. The lowest BCUT2D eigenvalue weighted by molar-refractivity contribution is 1.33. The van der Waals surface area contributed by atoms with Gasteiger partial charge in [-0.1, -0.05) is 11.6 Å². The van der Waals surface area contributed by atoms with Crippen LogP contribution in [0.1, 0.15) is 5.56 Å². The molecule has 0 saturated heterocycles. The summed E-state index contributed by atoms with van der Waals surface area (Å²) in [6.07, 6.45) is 0. The van der Waals surface area contributed by atoms with Crippen LogP contribution in [0.2, 0.25) is 5.02 Å². The molecular formula is C7H6ClNOS. The molecule has 1 rings (SSSR count). The molecule has 0 N–H and O–H groups in total. The number of thiol groups is 1. The maximum atomic E-state index is 10.2. The van der Waals surface area contributed by atoms with Crippen LogP contribution in [0, 0.1) is 11.8 Å². The van der Waals surface area contributed by atoms with Crippen LogP contribution in [0.4, 0.5) is 5.69 Å². The van der Waals surface area contributed by atoms with Crippen LogP contribution in [0.15, 0.2) is 22.2 Å². The molecule has 4 heteroatoms. The number of nitrogens with zero attached hydrogens (tertiary/aromatic N) is 1. The van der Waals surface area contributed by atoms with Gasteiger partial charge in [0.25, 0.3) is 0 Å². The average molecular weight is 188 g/mol. The molecule has 0 aromatic heterocycles. The van der Waals surface area contributed by atoms with E-state index in [2.05, 4.69) is 17.8 Å². The summed E-state index contributed by atoms with van der Waals surface area (Å²) >= 11 is 9.76. The molecule has 58 valence electrons. The molecule has 0 spiro atoms. The average Bonchev–Trinajstić information content (AvgIpc) is 1.97. The molecule has 0 aliphatic carbocycles. The highest BCUT2D eigenvalue weighted by Crippen LogP contribution is 2.28. The summed E-state index contributed by atoms with van der Waals surface area (Å²) in [5.41, 5.74) is 1.15. The van der Waals surface area contributed by atoms with Crippen molar-refractivity contribution in [2.24, 2.45) is 5.18 Å². The number of halogens is 1. The molecule has 0 aliphatic heterocycles. The van der Waals surface area contributed by atoms with Gasteiger partial charge in [0.1, 0.15) is 5.69 Å². The lowest BCUT2D eigenvalue weighted by atomic mass is 10.2. The van der Waals surface area contributed by atoms with Gasteiger partial charge < -0.3 is 0 Å². The molecule has 2 nitrogen and oxygen atoms in total. The smallest absolute Gasteiger partial charge is 0.112 e. The van der Waals surface area contributed by atoms with Gasteiger partial charge in [-0.2, -0.15) is 0 Å². The minimum absolute atomic E-state index is 0.388. The maximum absolute atomic E-state index is 10.2. The number of hydrogen-bond donors (Lipinski definition) is 1. The Morgan fingerprint density at radius 1 is 1.55 bits per heavy atom. The van der Waals surface area contributed by atoms with E-state index < -0.39 is 0 Å². The first-order valence-electron chi connectivity index (χ1n) is 2.97. The zero-order valence-corrected chi connectivity index (χ0v) is 7.49. The monoisotopic (exact) mass is 187 g/mol. The third kappa shape index (κ3) is 1.73. The van der Waals surface area contributed by atoms with Crippen molar-refractivity contribution < 1.29 is 0 Å². The van der Waals surface area contributed by atoms with E-state index in [9.17, 15) is 4.91 Å². The number of rotatable bonds is 1. The lowest BCUT2D eigenvalue weighted by Crippen LogP contribution is -1.75. The van der Waals surface area contributed by atoms with E-state index in [0.717, 1.165) is 5.56 Å². The Kier molecular flexibility index (Phi) is 2.52. The van der Waals surface area contributed by atoms with Crippen molar-refractivity contribution in [3.05, 3.63) is 27.6 Å². The summed E-state index contributed by atoms with van der Waals surface area (Å²) in [6, 6.07) is 3.22. The first kappa shape index (κ1) is 8.56. The van der Waals surface area contributed by atoms with E-state index in [1.54, 1.807) is 19.1 Å². The van der Waals surface area contributed by atoms with Crippen LogP contribution in [-0.2, 0) is 0 Å². The van der Waals surface area contributed by atoms with Crippen molar-refractivity contribution in [1.29, 1.82) is 0 Å². The summed E-state index contributed by atoms with van der Waals surface area (Å²) in [5.74, 6) is 0. The fourth-order valence-electron chi connectivity index (χ4n) is 0.749. The molecule has 0 saturated carbocycles. The quantitative estimate of drug-likeness (QED) is 0.530. The lowest BCUT2D eigenvalue weighted by Gasteiger charge is -1.99. The molecule has 11 heavy (non-hydrogen) atoms. The molecule has 1 aromatic rings. The summed E-state index contributed by atoms with van der Waals surface area (Å²) in [5, 5.41) is 3.35. The Balaban J connectivity index is 3.31. The summed E-state index contributed by atoms with van der Waals surface area (Å²) < 4.78 is 0. The predicted molar refractivity (Wildman–Crippen MR) is 48.9 cm³/mol. The van der Waals surface area contributed by atoms with Gasteiger partial charge in [0, 0.05) is 4.90 Å². The Morgan fingerprint density at radius 3 is 2.73 bits per heavy atom. The standard InChI is InChI=1S/C7H6ClNOS/c1-4-2-5(8)7(11)3-6(4)9-10/h2-3,11H,1H3. The zero-order valence-electron chi connectivity index (χ0n) is 5.84. The van der Waals surface area contributed by atoms with E-state index in [-0.39, 0.29) is 0 Å². The summed E-state index contributed by atoms with van der Waals surface area (Å²) in [6.45, 7) is 1.77. The largest absolute Gasteiger partial charge is 0.145 e. The van der Waals surface area contributed by atoms with Gasteiger partial charge in [-0.05, 0) is 29.8 Å². The minimum atomic E-state index is 0.388. The van der Waals surface area contributed by atoms with Gasteiger partial charge in [-0.25, -0.2) is 0 Å². The van der Waals surface area contributed by atoms with Crippen molar-refractivity contribution >= 4 is 29.9 Å². The van der Waals surface area contributed by atoms with Crippen molar-refractivity contribution in [3.8, 4) is 0 Å². The fraction of sp³-hybridized carbons (Fsp3) is 0.143. The number of aryl methyl sites for hydroxylation is 1. The molecule has 0 heterocycles. The molecule has 0 atom stereocenters. The number of hydrogen-bond acceptors (Lipinski definition) is 3. The van der Waals surface area contributed by atoms with Gasteiger partial charge in [0.2, 0.25) is 0 Å². The number of nitroso groups, excluding NO2 is 1. The van der Waals surface area contributed by atoms with Gasteiger partial charge in [-0.3, -0.25) is 0 Å². The van der Waals surface area contributed by atoms with E-state index in [4.69, 9.17) is 11.6 Å². The third-order valence-corrected chi connectivity index (χ3v) is 2.18. The van der Waals surface area contributed by atoms with E-state index in [1.165, 1.54) is 0 Å². The Morgan fingerprint density at radius 2 is 2.18 bits per heavy atom. The first-order chi connectivity index (χ1) is 5.15. The first-order valence-corrected chi connectivity index (χ1v) is 3.80. The predicted octanol–water partition coefficient (Wildman–Crippen LogP) is 3.34. The maximum Gasteiger partial charge on any atom is 0.112 e. The molecule has 1 aromatic carbocycles. The number of benzene rings is 1. The molecule has 0 unspecified atom stereocenters. The van der Waals surface area contributed by atoms with Gasteiger partial charge >= 0.3 is 0 Å². The summed E-state index contributed by atoms with van der Waals surface area (Å²) in [7, 11) is 0. The van der Waals surface area contributed by atoms with E-state index in [0.29, 0.717) is 15.6 Å². The van der Waals surface area contributed by atoms with Crippen molar-refractivity contribution in [1.82, 2.24) is 0 Å². The highest BCUT2D eigenvalue weighted by molar-refractivity contribution is 7.80. The van der Waals surface area contributed by atoms with Crippen LogP contribution in [0.3, 0.4) is 0 Å². The van der Waals surface area contributed by atoms with Crippen LogP contribution in [-0.4, -0.2) is 0 Å². The van der Waals surface area contributed by atoms with Crippen LogP contribution in [0.5, 0.6) is 0 Å². The second kappa shape index (κ2) is 3.24. The molecule has 0 aliphatic rings. The SMILES string of the molecule is Cc1cc(Cl)c(S)cc1N=O. The highest BCUT2D eigenvalue weighted by atomic mass is 35.5. The van der Waals surface area contributed by atoms with Crippen molar-refractivity contribution in [2.45, 2.75) is 11.8 Å². The fourth-order valence-corrected chi connectivity index (χ4v) is 1.15. The molecular weight excluding hydrogens is 182 g/mol. The van der Waals surface area contributed by atoms with Crippen LogP contribution >= 0.6 is 24.2 Å². The molecule has 0 radical (unpaired) electrons. The van der Waals surface area contributed by atoms with Gasteiger partial charge in [0.05, 0.1) is 5.02 Å². The Hall–Kier alpha value is -0.540. The molecule has 0 bridgehead atoms. The highest BCUT2D eigenvalue weighted by Gasteiger charge is 2.02. The van der Waals surface area contributed by atoms with E-state index in [1.807, 2.05) is 0 Å². The molecule has 0 fully saturated rings. The minimum Gasteiger partial charge on any atom is -0.145 e. The van der Waals surface area contributed by atoms with Gasteiger partial charge in [0.15, 0.2) is 0 Å². The molecule has 0 amide bonds. The Labute approximate surface area is 74.9 Å².